The van der Waals surface area contributed by atoms with Crippen LogP contribution < -0.4 is 4.74 Å². The fraction of sp³-hybridized carbons (Fsp3) is 0.409. The molecule has 1 aliphatic rings. The number of cyclic esters (lactones) is 1. The molecule has 1 aliphatic heterocycles. The lowest BCUT2D eigenvalue weighted by molar-refractivity contribution is -0.0680. The molecule has 0 saturated carbocycles. The van der Waals surface area contributed by atoms with Gasteiger partial charge in [-0.15, -0.1) is 0 Å². The summed E-state index contributed by atoms with van der Waals surface area (Å²) in [6.07, 6.45) is 0.805. The van der Waals surface area contributed by atoms with Crippen molar-refractivity contribution in [1.29, 1.82) is 0 Å². The van der Waals surface area contributed by atoms with Gasteiger partial charge in [0.1, 0.15) is 17.2 Å². The predicted molar refractivity (Wildman–Crippen MR) is 104 cm³/mol. The second-order valence-electron chi connectivity index (χ2n) is 7.26. The summed E-state index contributed by atoms with van der Waals surface area (Å²) in [4.78, 5) is 14.4. The van der Waals surface area contributed by atoms with Crippen LogP contribution >= 0.6 is 0 Å². The van der Waals surface area contributed by atoms with Gasteiger partial charge in [-0.2, -0.15) is 8.78 Å². The quantitative estimate of drug-likeness (QED) is 0.649. The van der Waals surface area contributed by atoms with E-state index in [1.54, 1.807) is 29.2 Å². The van der Waals surface area contributed by atoms with Crippen molar-refractivity contribution in [3.05, 3.63) is 65.5 Å². The molecule has 30 heavy (non-hydrogen) atoms. The SMILES string of the molecule is CC(c1ccc(OC(F)F)cc1)N1CCC(CCCO)(c2ccc(F)cc2)OC1=O. The molecular weight excluding hydrogens is 399 g/mol. The molecule has 0 bridgehead atoms. The van der Waals surface area contributed by atoms with Crippen LogP contribution in [0, 0.1) is 5.82 Å². The van der Waals surface area contributed by atoms with Gasteiger partial charge < -0.3 is 19.5 Å². The Kier molecular flexibility index (Phi) is 6.87. The number of nitrogens with zero attached hydrogens (tertiary/aromatic N) is 1. The van der Waals surface area contributed by atoms with E-state index in [1.807, 2.05) is 6.92 Å². The number of halogens is 3. The lowest BCUT2D eigenvalue weighted by atomic mass is 9.84. The Bertz CT molecular complexity index is 844. The standard InChI is InChI=1S/C22H24F3NO4/c1-15(16-3-9-19(10-4-16)29-20(24)25)26-13-12-22(11-2-14-27,30-21(26)28)17-5-7-18(23)8-6-17/h3-10,15,20,27H,2,11-14H2,1H3. The molecule has 8 heteroatoms. The zero-order chi connectivity index (χ0) is 21.7. The molecule has 2 aromatic rings. The van der Waals surface area contributed by atoms with Crippen molar-refractivity contribution in [2.75, 3.05) is 13.2 Å². The highest BCUT2D eigenvalue weighted by molar-refractivity contribution is 5.70. The lowest BCUT2D eigenvalue weighted by Gasteiger charge is -2.43. The second kappa shape index (κ2) is 9.38. The van der Waals surface area contributed by atoms with E-state index < -0.39 is 18.3 Å². The number of carbonyl (C=O) groups excluding carboxylic acids is 1. The Morgan fingerprint density at radius 3 is 2.40 bits per heavy atom. The van der Waals surface area contributed by atoms with Gasteiger partial charge >= 0.3 is 12.7 Å². The van der Waals surface area contributed by atoms with Crippen LogP contribution in [0.1, 0.15) is 43.4 Å². The highest BCUT2D eigenvalue weighted by Crippen LogP contribution is 2.40. The van der Waals surface area contributed by atoms with Crippen LogP contribution in [0.4, 0.5) is 18.0 Å². The number of aliphatic hydroxyl groups excluding tert-OH is 1. The van der Waals surface area contributed by atoms with Gasteiger partial charge in [-0.3, -0.25) is 0 Å². The molecule has 1 amide bonds. The van der Waals surface area contributed by atoms with Crippen LogP contribution in [0.25, 0.3) is 0 Å². The van der Waals surface area contributed by atoms with E-state index in [9.17, 15) is 23.1 Å². The molecule has 5 nitrogen and oxygen atoms in total. The molecule has 0 aromatic heterocycles. The first-order valence-electron chi connectivity index (χ1n) is 9.76. The minimum atomic E-state index is -2.90. The lowest BCUT2D eigenvalue weighted by Crippen LogP contribution is -2.48. The van der Waals surface area contributed by atoms with Crippen LogP contribution in [0.2, 0.25) is 0 Å². The Morgan fingerprint density at radius 1 is 1.17 bits per heavy atom. The molecule has 0 aliphatic carbocycles. The average molecular weight is 423 g/mol. The summed E-state index contributed by atoms with van der Waals surface area (Å²) < 4.78 is 48.2. The van der Waals surface area contributed by atoms with E-state index in [0.29, 0.717) is 31.4 Å². The van der Waals surface area contributed by atoms with E-state index in [0.717, 1.165) is 5.56 Å². The van der Waals surface area contributed by atoms with Gasteiger partial charge in [0.15, 0.2) is 0 Å². The first kappa shape index (κ1) is 22.0. The summed E-state index contributed by atoms with van der Waals surface area (Å²) in [5.41, 5.74) is 0.503. The highest BCUT2D eigenvalue weighted by atomic mass is 19.3. The third-order valence-electron chi connectivity index (χ3n) is 5.44. The molecular formula is C22H24F3NO4. The van der Waals surface area contributed by atoms with E-state index >= 15 is 0 Å². The van der Waals surface area contributed by atoms with Crippen molar-refractivity contribution in [2.24, 2.45) is 0 Å². The van der Waals surface area contributed by atoms with E-state index in [2.05, 4.69) is 4.74 Å². The summed E-state index contributed by atoms with van der Waals surface area (Å²) in [5, 5.41) is 9.27. The maximum Gasteiger partial charge on any atom is 0.411 e. The largest absolute Gasteiger partial charge is 0.438 e. The van der Waals surface area contributed by atoms with Gasteiger partial charge in [0.05, 0.1) is 6.04 Å². The Balaban J connectivity index is 1.76. The number of rotatable bonds is 8. The van der Waals surface area contributed by atoms with Crippen molar-refractivity contribution >= 4 is 6.09 Å². The van der Waals surface area contributed by atoms with Crippen LogP contribution in [0.3, 0.4) is 0 Å². The normalized spacial score (nSPS) is 20.2. The van der Waals surface area contributed by atoms with Crippen molar-refractivity contribution in [2.45, 2.75) is 44.4 Å². The third-order valence-corrected chi connectivity index (χ3v) is 5.44. The third kappa shape index (κ3) is 4.87. The summed E-state index contributed by atoms with van der Waals surface area (Å²) in [6, 6.07) is 11.6. The number of benzene rings is 2. The average Bonchev–Trinajstić information content (AvgIpc) is 2.72. The first-order valence-corrected chi connectivity index (χ1v) is 9.76. The number of amides is 1. The Labute approximate surface area is 173 Å². The van der Waals surface area contributed by atoms with Crippen LogP contribution in [-0.4, -0.2) is 35.9 Å². The molecule has 1 fully saturated rings. The number of carbonyl (C=O) groups is 1. The minimum absolute atomic E-state index is 0.0431. The molecule has 1 saturated heterocycles. The summed E-state index contributed by atoms with van der Waals surface area (Å²) in [5.74, 6) is -0.339. The summed E-state index contributed by atoms with van der Waals surface area (Å²) >= 11 is 0. The van der Waals surface area contributed by atoms with Crippen molar-refractivity contribution in [1.82, 2.24) is 4.90 Å². The van der Waals surface area contributed by atoms with Gasteiger partial charge in [0.25, 0.3) is 0 Å². The van der Waals surface area contributed by atoms with Crippen molar-refractivity contribution in [3.63, 3.8) is 0 Å². The van der Waals surface area contributed by atoms with Gasteiger partial charge in [-0.05, 0) is 55.2 Å². The van der Waals surface area contributed by atoms with Crippen LogP contribution in [0.15, 0.2) is 48.5 Å². The molecule has 2 unspecified atom stereocenters. The minimum Gasteiger partial charge on any atom is -0.438 e. The number of alkyl halides is 2. The molecule has 2 atom stereocenters. The number of hydrogen-bond acceptors (Lipinski definition) is 4. The smallest absolute Gasteiger partial charge is 0.411 e. The maximum absolute atomic E-state index is 13.4. The molecule has 2 aromatic carbocycles. The van der Waals surface area contributed by atoms with E-state index in [4.69, 9.17) is 4.74 Å². The maximum atomic E-state index is 13.4. The molecule has 3 rings (SSSR count). The van der Waals surface area contributed by atoms with Gasteiger partial charge in [-0.1, -0.05) is 24.3 Å². The Hall–Kier alpha value is -2.74. The molecule has 0 spiro atoms. The van der Waals surface area contributed by atoms with E-state index in [-0.39, 0.29) is 24.2 Å². The van der Waals surface area contributed by atoms with Gasteiger partial charge in [0, 0.05) is 19.6 Å². The van der Waals surface area contributed by atoms with Crippen molar-refractivity contribution in [3.8, 4) is 5.75 Å². The highest BCUT2D eigenvalue weighted by Gasteiger charge is 2.43. The predicted octanol–water partition coefficient (Wildman–Crippen LogP) is 5.00. The molecule has 0 radical (unpaired) electrons. The van der Waals surface area contributed by atoms with Gasteiger partial charge in [-0.25, -0.2) is 9.18 Å². The summed E-state index contributed by atoms with van der Waals surface area (Å²) in [6.45, 7) is -0.738. The van der Waals surface area contributed by atoms with Crippen LogP contribution in [0.5, 0.6) is 5.75 Å². The number of ether oxygens (including phenoxy) is 2. The molecule has 162 valence electrons. The Morgan fingerprint density at radius 2 is 1.83 bits per heavy atom. The zero-order valence-corrected chi connectivity index (χ0v) is 16.6. The fourth-order valence-corrected chi connectivity index (χ4v) is 3.77. The topological polar surface area (TPSA) is 59.0 Å². The molecule has 1 N–H and O–H groups in total. The number of aliphatic hydroxyl groups is 1. The van der Waals surface area contributed by atoms with Gasteiger partial charge in [0.2, 0.25) is 0 Å². The monoisotopic (exact) mass is 423 g/mol. The van der Waals surface area contributed by atoms with Crippen LogP contribution in [-0.2, 0) is 10.3 Å². The van der Waals surface area contributed by atoms with Crippen molar-refractivity contribution < 1.29 is 32.5 Å². The number of hydrogen-bond donors (Lipinski definition) is 1. The first-order chi connectivity index (χ1) is 14.3. The summed E-state index contributed by atoms with van der Waals surface area (Å²) in [7, 11) is 0. The van der Waals surface area contributed by atoms with E-state index in [1.165, 1.54) is 24.3 Å². The zero-order valence-electron chi connectivity index (χ0n) is 16.6. The molecule has 1 heterocycles. The fourth-order valence-electron chi connectivity index (χ4n) is 3.77. The second-order valence-corrected chi connectivity index (χ2v) is 7.26.